The van der Waals surface area contributed by atoms with Gasteiger partial charge >= 0.3 is 0 Å². The Balaban J connectivity index is 0.949. The van der Waals surface area contributed by atoms with Crippen LogP contribution in [0.15, 0.2) is 30.3 Å². The van der Waals surface area contributed by atoms with Crippen molar-refractivity contribution < 1.29 is 19.0 Å². The van der Waals surface area contributed by atoms with Crippen LogP contribution in [0.1, 0.15) is 151 Å². The number of benzene rings is 1. The van der Waals surface area contributed by atoms with E-state index in [4.69, 9.17) is 25.4 Å². The third kappa shape index (κ3) is 6.37. The quantitative estimate of drug-likeness (QED) is 0.136. The van der Waals surface area contributed by atoms with E-state index in [2.05, 4.69) is 67.6 Å². The van der Waals surface area contributed by atoms with Gasteiger partial charge in [0.2, 0.25) is 0 Å². The minimum atomic E-state index is -0.315. The first kappa shape index (κ1) is 42.9. The molecule has 0 spiro atoms. The van der Waals surface area contributed by atoms with E-state index in [0.29, 0.717) is 53.9 Å². The van der Waals surface area contributed by atoms with Crippen LogP contribution in [0.4, 0.5) is 0 Å². The molecule has 8 rings (SSSR count). The summed E-state index contributed by atoms with van der Waals surface area (Å²) < 4.78 is 18.3. The van der Waals surface area contributed by atoms with Crippen molar-refractivity contribution >= 4 is 11.7 Å². The Morgan fingerprint density at radius 1 is 0.845 bits per heavy atom. The fraction of sp³-hybridized carbons (Fsp3) is 0.843. The van der Waals surface area contributed by atoms with Crippen molar-refractivity contribution in [2.24, 2.45) is 79.6 Å². The topological polar surface area (TPSA) is 107 Å². The number of carbonyl (C=O) groups is 1. The predicted octanol–water partition coefficient (Wildman–Crippen LogP) is 10.4. The minimum absolute atomic E-state index is 0.0283. The van der Waals surface area contributed by atoms with Gasteiger partial charge < -0.3 is 25.3 Å². The van der Waals surface area contributed by atoms with Crippen LogP contribution in [0.2, 0.25) is 0 Å². The van der Waals surface area contributed by atoms with Crippen LogP contribution in [0.25, 0.3) is 0 Å². The van der Waals surface area contributed by atoms with Crippen LogP contribution >= 0.6 is 0 Å². The van der Waals surface area contributed by atoms with Crippen molar-refractivity contribution in [1.82, 2.24) is 5.32 Å². The second-order valence-corrected chi connectivity index (χ2v) is 23.8. The lowest BCUT2D eigenvalue weighted by atomic mass is 9.31. The van der Waals surface area contributed by atoms with Crippen molar-refractivity contribution in [3.8, 4) is 0 Å². The number of ketones is 1. The monoisotopic (exact) mass is 800 g/mol. The van der Waals surface area contributed by atoms with Gasteiger partial charge in [-0.05, 0) is 151 Å². The average molecular weight is 800 g/mol. The second kappa shape index (κ2) is 14.7. The van der Waals surface area contributed by atoms with E-state index in [-0.39, 0.29) is 68.5 Å². The summed E-state index contributed by atoms with van der Waals surface area (Å²) in [4.78, 5) is 13.9. The molecule has 0 radical (unpaired) electrons. The number of rotatable bonds is 13. The number of ether oxygens (including phenoxy) is 3. The lowest BCUT2D eigenvalue weighted by molar-refractivity contribution is -0.254. The van der Waals surface area contributed by atoms with Crippen molar-refractivity contribution in [3.63, 3.8) is 0 Å². The maximum atomic E-state index is 13.9. The number of carbonyl (C=O) groups excluding carboxylic acids is 1. The standard InChI is InChI=1S/C51H81N3O4/c1-33(30-56-10)29-54-50-22-16-35(46(6)24-25-46)42(50)51(53)23-18-40-47(7)20-19-41(45(4,5)39(47)17-21-48(40,8)49(51,9)26-27-50)57-32-38(55)36-28-37(44(36,2)3)43(52)58-31-34-14-12-11-13-15-34/h11-15,33,35-37,39-42,52,54H,16-32,53H2,1-10H3/t33-,35+,36+,37-,39?,40?,41-,42?,47?,48+,49-,50-,51-/m0/s1. The number of methoxy groups -OCH3 is 1. The molecular weight excluding hydrogens is 719 g/mol. The highest BCUT2D eigenvalue weighted by Crippen LogP contribution is 2.78. The van der Waals surface area contributed by atoms with Crippen LogP contribution in [-0.2, 0) is 25.6 Å². The third-order valence-corrected chi connectivity index (χ3v) is 20.5. The van der Waals surface area contributed by atoms with E-state index >= 15 is 0 Å². The summed E-state index contributed by atoms with van der Waals surface area (Å²) in [5, 5.41) is 13.0. The van der Waals surface area contributed by atoms with E-state index in [0.717, 1.165) is 38.0 Å². The minimum Gasteiger partial charge on any atom is -0.476 e. The normalized spacial score (nSPS) is 44.7. The van der Waals surface area contributed by atoms with E-state index in [1.165, 1.54) is 57.8 Å². The summed E-state index contributed by atoms with van der Waals surface area (Å²) in [7, 11) is 1.83. The van der Waals surface area contributed by atoms with Gasteiger partial charge in [-0.1, -0.05) is 92.6 Å². The average Bonchev–Trinajstić information content (AvgIpc) is 3.79. The summed E-state index contributed by atoms with van der Waals surface area (Å²) in [5.74, 6) is 3.24. The molecule has 7 heteroatoms. The highest BCUT2D eigenvalue weighted by atomic mass is 16.5. The summed E-state index contributed by atoms with van der Waals surface area (Å²) in [6, 6.07) is 10.0. The van der Waals surface area contributed by atoms with Gasteiger partial charge in [0.1, 0.15) is 13.2 Å². The molecule has 0 amide bonds. The van der Waals surface area contributed by atoms with Crippen LogP contribution in [-0.4, -0.2) is 55.7 Å². The van der Waals surface area contributed by atoms with Gasteiger partial charge in [0, 0.05) is 43.2 Å². The Hall–Kier alpha value is -1.80. The molecule has 0 aliphatic heterocycles. The van der Waals surface area contributed by atoms with Crippen molar-refractivity contribution in [3.05, 3.63) is 35.9 Å². The molecule has 4 N–H and O–H groups in total. The van der Waals surface area contributed by atoms with E-state index in [1.54, 1.807) is 0 Å². The van der Waals surface area contributed by atoms with Gasteiger partial charge in [-0.3, -0.25) is 10.2 Å². The fourth-order valence-corrected chi connectivity index (χ4v) is 16.4. The Morgan fingerprint density at radius 2 is 1.55 bits per heavy atom. The molecule has 0 aromatic heterocycles. The molecule has 4 unspecified atom stereocenters. The zero-order chi connectivity index (χ0) is 41.7. The van der Waals surface area contributed by atoms with Gasteiger partial charge in [-0.25, -0.2) is 0 Å². The van der Waals surface area contributed by atoms with Crippen LogP contribution in [0.3, 0.4) is 0 Å². The molecule has 1 aromatic carbocycles. The maximum Gasteiger partial charge on any atom is 0.184 e. The number of hydrogen-bond donors (Lipinski definition) is 3. The summed E-state index contributed by atoms with van der Waals surface area (Å²) in [5.41, 5.74) is 9.89. The molecule has 324 valence electrons. The van der Waals surface area contributed by atoms with Gasteiger partial charge in [0.15, 0.2) is 11.7 Å². The molecule has 7 nitrogen and oxygen atoms in total. The largest absolute Gasteiger partial charge is 0.476 e. The van der Waals surface area contributed by atoms with Gasteiger partial charge in [-0.2, -0.15) is 0 Å². The molecule has 7 fully saturated rings. The first-order valence-corrected chi connectivity index (χ1v) is 23.6. The first-order valence-electron chi connectivity index (χ1n) is 23.6. The van der Waals surface area contributed by atoms with Crippen LogP contribution < -0.4 is 11.1 Å². The Bertz CT molecular complexity index is 1710. The van der Waals surface area contributed by atoms with Crippen molar-refractivity contribution in [2.75, 3.05) is 26.9 Å². The lowest BCUT2D eigenvalue weighted by Crippen LogP contribution is -2.79. The number of nitrogens with two attached hydrogens (primary N) is 1. The molecule has 13 atom stereocenters. The summed E-state index contributed by atoms with van der Waals surface area (Å²) in [6.45, 7) is 24.5. The zero-order valence-electron chi connectivity index (χ0n) is 38.2. The smallest absolute Gasteiger partial charge is 0.184 e. The molecule has 7 aliphatic carbocycles. The van der Waals surface area contributed by atoms with Crippen molar-refractivity contribution in [2.45, 2.75) is 170 Å². The maximum absolute atomic E-state index is 13.9. The highest BCUT2D eigenvalue weighted by molar-refractivity contribution is 5.88. The van der Waals surface area contributed by atoms with E-state index < -0.39 is 0 Å². The van der Waals surface area contributed by atoms with Gasteiger partial charge in [0.25, 0.3) is 0 Å². The highest BCUT2D eigenvalue weighted by Gasteiger charge is 2.76. The summed E-state index contributed by atoms with van der Waals surface area (Å²) in [6.07, 6.45) is 15.5. The molecule has 0 bridgehead atoms. The van der Waals surface area contributed by atoms with E-state index in [9.17, 15) is 4.79 Å². The van der Waals surface area contributed by atoms with Gasteiger partial charge in [-0.15, -0.1) is 0 Å². The number of hydrogen-bond acceptors (Lipinski definition) is 7. The third-order valence-electron chi connectivity index (χ3n) is 20.5. The number of Topliss-reactive ketones (excluding diaryl/α,β-unsaturated/α-hetero) is 1. The molecule has 0 saturated heterocycles. The first-order chi connectivity index (χ1) is 27.2. The molecule has 58 heavy (non-hydrogen) atoms. The van der Waals surface area contributed by atoms with Gasteiger partial charge in [0.05, 0.1) is 6.10 Å². The van der Waals surface area contributed by atoms with Crippen molar-refractivity contribution in [1.29, 1.82) is 5.41 Å². The summed E-state index contributed by atoms with van der Waals surface area (Å²) >= 11 is 0. The predicted molar refractivity (Wildman–Crippen MR) is 233 cm³/mol. The SMILES string of the molecule is COC[C@@H](C)CN[C@]12CC[C@@H](C3(C)CC3)C1[C@@]1(N)CCC3C4(C)CC[C@H](OCC(=O)[C@H]5C[C@@H](C(=N)OCc6ccccc6)C5(C)C)C(C)(C)C4CC[C@@]3(C)[C@]1(C)CC2. The molecular formula is C51H81N3O4. The number of fused-ring (bicyclic) bond motifs is 7. The van der Waals surface area contributed by atoms with E-state index in [1.807, 2.05) is 37.4 Å². The van der Waals surface area contributed by atoms with Crippen LogP contribution in [0, 0.1) is 79.3 Å². The second-order valence-electron chi connectivity index (χ2n) is 23.8. The van der Waals surface area contributed by atoms with Crippen LogP contribution in [0.5, 0.6) is 0 Å². The molecule has 7 aliphatic rings. The molecule has 7 saturated carbocycles. The fourth-order valence-electron chi connectivity index (χ4n) is 16.4. The Morgan fingerprint density at radius 3 is 2.22 bits per heavy atom. The Labute approximate surface area is 352 Å². The Kier molecular flexibility index (Phi) is 10.8. The zero-order valence-corrected chi connectivity index (χ0v) is 38.2. The molecule has 1 aromatic rings. The molecule has 0 heterocycles. The lowest BCUT2D eigenvalue weighted by Gasteiger charge is -2.76. The number of nitrogens with one attached hydrogen (secondary N) is 2.